The van der Waals surface area contributed by atoms with Crippen LogP contribution in [0.4, 0.5) is 68.6 Å². The van der Waals surface area contributed by atoms with E-state index >= 15 is 0 Å². The highest BCUT2D eigenvalue weighted by Gasteiger charge is 2.20. The van der Waals surface area contributed by atoms with Crippen molar-refractivity contribution in [3.8, 4) is 0 Å². The molecule has 0 unspecified atom stereocenters. The first kappa shape index (κ1) is 68.1. The molecule has 3 heterocycles. The second-order valence-electron chi connectivity index (χ2n) is 18.9. The maximum Gasteiger partial charge on any atom is 0.240 e. The number of hydrogen-bond acceptors (Lipinski definition) is 21. The van der Waals surface area contributed by atoms with E-state index in [9.17, 15) is 25.3 Å². The highest BCUT2D eigenvalue weighted by molar-refractivity contribution is 7.90. The number of sulfonamides is 3. The lowest BCUT2D eigenvalue weighted by molar-refractivity contribution is 0.586. The Kier molecular flexibility index (Phi) is 24.0. The predicted octanol–water partition coefficient (Wildman–Crippen LogP) is 9.24. The topological polar surface area (TPSA) is 289 Å². The molecule has 460 valence electrons. The number of fused-ring (bicyclic) bond motifs is 3. The summed E-state index contributed by atoms with van der Waals surface area (Å²) in [6, 6.07) is 32.3. The number of nitrogens with one attached hydrogen (secondary N) is 8. The summed E-state index contributed by atoms with van der Waals surface area (Å²) in [5.74, 6) is 1.81. The first-order valence-electron chi connectivity index (χ1n) is 27.3. The molecule has 0 aliphatic carbocycles. The average molecular weight is 1230 g/mol. The van der Waals surface area contributed by atoms with Crippen LogP contribution in [-0.2, 0) is 30.1 Å². The monoisotopic (exact) mass is 1230 g/mol. The zero-order valence-electron chi connectivity index (χ0n) is 51.8. The lowest BCUT2D eigenvalue weighted by Gasteiger charge is -2.20. The summed E-state index contributed by atoms with van der Waals surface area (Å²) in [4.78, 5) is 34.3. The number of aromatic nitrogens is 6. The van der Waals surface area contributed by atoms with E-state index < -0.39 is 30.1 Å². The Morgan fingerprint density at radius 3 is 1.03 bits per heavy atom. The molecule has 0 aliphatic rings. The Labute approximate surface area is 506 Å². The Morgan fingerprint density at radius 2 is 0.674 bits per heavy atom. The molecule has 0 saturated carbocycles. The molecular weight excluding hydrogens is 1150 g/mol. The van der Waals surface area contributed by atoms with Crippen molar-refractivity contribution in [3.63, 3.8) is 0 Å². The Morgan fingerprint density at radius 1 is 0.337 bits per heavy atom. The van der Waals surface area contributed by atoms with Gasteiger partial charge in [-0.15, -0.1) is 0 Å². The summed E-state index contributed by atoms with van der Waals surface area (Å²) in [6.07, 6.45) is 4.45. The van der Waals surface area contributed by atoms with Crippen molar-refractivity contribution in [1.29, 1.82) is 0 Å². The van der Waals surface area contributed by atoms with Gasteiger partial charge in [-0.05, 0) is 130 Å². The highest BCUT2D eigenvalue weighted by atomic mass is 32.2. The second kappa shape index (κ2) is 30.4. The number of benzene rings is 6. The zero-order valence-corrected chi connectivity index (χ0v) is 54.2. The molecule has 0 atom stereocenters. The highest BCUT2D eigenvalue weighted by Crippen LogP contribution is 2.36. The third-order valence-electron chi connectivity index (χ3n) is 12.8. The minimum atomic E-state index is -3.56. The van der Waals surface area contributed by atoms with Gasteiger partial charge in [-0.3, -0.25) is 0 Å². The standard InChI is InChI=1S/C19H24N6O2S.2C18H22N6O2S.2C2H6/c1-20-28(26,27)14-7-9-18(25(4)5)17(11-14)23-19-15-10-13(24(2)3)6-8-16(15)21-12-22-19;1-19-12-5-7-15-14(9-12)18(22-11-21-15)23-16-10-13(27(25,26)20-2)6-8-17(16)24(3)4;1-19-12-5-7-14-15(9-12)21-11-22-18(14)23-16-10-13(27(25,26)20-2)6-8-17(16)24(3)4;2*1-2/h6-12,20H,1-5H3,(H,21,22,23);2*5-11,19-20H,1-4H3,(H,21,22,23);2*1-2H3. The molecule has 9 aromatic rings. The molecule has 86 heavy (non-hydrogen) atoms. The van der Waals surface area contributed by atoms with Crippen molar-refractivity contribution >= 4 is 131 Å². The fraction of sp³-hybridized carbons (Fsp3) is 0.288. The zero-order chi connectivity index (χ0) is 63.7. The van der Waals surface area contributed by atoms with E-state index in [4.69, 9.17) is 0 Å². The van der Waals surface area contributed by atoms with Gasteiger partial charge in [0.1, 0.15) is 36.4 Å². The molecule has 0 radical (unpaired) electrons. The van der Waals surface area contributed by atoms with Crippen molar-refractivity contribution < 1.29 is 25.3 Å². The molecule has 0 bridgehead atoms. The maximum absolute atomic E-state index is 12.2. The third kappa shape index (κ3) is 16.6. The van der Waals surface area contributed by atoms with Gasteiger partial charge in [0, 0.05) is 104 Å². The molecule has 3 aromatic heterocycles. The van der Waals surface area contributed by atoms with Gasteiger partial charge in [0.25, 0.3) is 0 Å². The average Bonchev–Trinajstić information content (AvgIpc) is 3.02. The van der Waals surface area contributed by atoms with Gasteiger partial charge in [-0.25, -0.2) is 69.3 Å². The van der Waals surface area contributed by atoms with Gasteiger partial charge in [0.05, 0.1) is 65.4 Å². The Hall–Kier alpha value is -8.73. The van der Waals surface area contributed by atoms with Crippen LogP contribution in [0.1, 0.15) is 27.7 Å². The Balaban J connectivity index is 0.000000229. The summed E-state index contributed by atoms with van der Waals surface area (Å²) in [7, 11) is 12.5. The quantitative estimate of drug-likeness (QED) is 0.0397. The van der Waals surface area contributed by atoms with Crippen LogP contribution in [0.2, 0.25) is 0 Å². The fourth-order valence-corrected chi connectivity index (χ4v) is 10.6. The molecule has 0 amide bonds. The summed E-state index contributed by atoms with van der Waals surface area (Å²) in [6.45, 7) is 8.00. The van der Waals surface area contributed by atoms with Crippen molar-refractivity contribution in [2.24, 2.45) is 0 Å². The van der Waals surface area contributed by atoms with E-state index in [0.29, 0.717) is 34.5 Å². The molecule has 8 N–H and O–H groups in total. The SMILES string of the molecule is CC.CC.CNS(=O)(=O)c1ccc(N(C)C)c(Nc2ncnc3ccc(N(C)C)cc23)c1.CNc1ccc2c(Nc3cc(S(=O)(=O)NC)ccc3N(C)C)ncnc2c1.CNc1ccc2ncnc(Nc3cc(S(=O)(=O)NC)ccc3N(C)C)c2c1. The third-order valence-corrected chi connectivity index (χ3v) is 17.1. The lowest BCUT2D eigenvalue weighted by atomic mass is 10.2. The normalized spacial score (nSPS) is 11.0. The van der Waals surface area contributed by atoms with E-state index in [1.165, 1.54) is 40.1 Å². The van der Waals surface area contributed by atoms with E-state index in [1.807, 2.05) is 172 Å². The fourth-order valence-electron chi connectivity index (χ4n) is 8.30. The van der Waals surface area contributed by atoms with Crippen LogP contribution in [0.5, 0.6) is 0 Å². The van der Waals surface area contributed by atoms with Crippen molar-refractivity contribution in [3.05, 3.63) is 128 Å². The van der Waals surface area contributed by atoms with E-state index in [1.54, 1.807) is 54.6 Å². The number of anilines is 12. The number of hydrogen-bond donors (Lipinski definition) is 8. The summed E-state index contributed by atoms with van der Waals surface area (Å²) in [5.41, 5.74) is 9.68. The van der Waals surface area contributed by atoms with Crippen LogP contribution in [0.3, 0.4) is 0 Å². The van der Waals surface area contributed by atoms with Crippen LogP contribution in [-0.4, -0.2) is 147 Å². The summed E-state index contributed by atoms with van der Waals surface area (Å²) in [5, 5.41) is 18.5. The molecule has 0 fully saturated rings. The van der Waals surface area contributed by atoms with Gasteiger partial charge in [0.15, 0.2) is 0 Å². The largest absolute Gasteiger partial charge is 0.388 e. The molecule has 9 rings (SSSR count). The second-order valence-corrected chi connectivity index (χ2v) is 24.6. The van der Waals surface area contributed by atoms with Crippen LogP contribution in [0.25, 0.3) is 32.7 Å². The van der Waals surface area contributed by atoms with Gasteiger partial charge in [0.2, 0.25) is 30.1 Å². The lowest BCUT2D eigenvalue weighted by Crippen LogP contribution is -2.19. The van der Waals surface area contributed by atoms with E-state index in [2.05, 4.69) is 70.7 Å². The molecule has 0 aliphatic heterocycles. The van der Waals surface area contributed by atoms with Crippen molar-refractivity contribution in [2.45, 2.75) is 42.4 Å². The van der Waals surface area contributed by atoms with Gasteiger partial charge in [-0.1, -0.05) is 27.7 Å². The van der Waals surface area contributed by atoms with Crippen LogP contribution < -0.4 is 60.3 Å². The molecular formula is C59H80N18O6S3. The van der Waals surface area contributed by atoms with Gasteiger partial charge < -0.3 is 46.2 Å². The Bertz CT molecular complexity index is 4120. The predicted molar refractivity (Wildman–Crippen MR) is 356 cm³/mol. The van der Waals surface area contributed by atoms with E-state index in [-0.39, 0.29) is 14.7 Å². The van der Waals surface area contributed by atoms with Crippen molar-refractivity contribution in [2.75, 3.05) is 138 Å². The maximum atomic E-state index is 12.2. The van der Waals surface area contributed by atoms with E-state index in [0.717, 1.165) is 66.8 Å². The van der Waals surface area contributed by atoms with Gasteiger partial charge >= 0.3 is 0 Å². The smallest absolute Gasteiger partial charge is 0.240 e. The molecule has 0 saturated heterocycles. The summed E-state index contributed by atoms with van der Waals surface area (Å²) >= 11 is 0. The minimum Gasteiger partial charge on any atom is -0.388 e. The minimum absolute atomic E-state index is 0.173. The first-order chi connectivity index (χ1) is 40.9. The number of rotatable bonds is 18. The summed E-state index contributed by atoms with van der Waals surface area (Å²) < 4.78 is 80.3. The molecule has 0 spiro atoms. The van der Waals surface area contributed by atoms with Crippen LogP contribution >= 0.6 is 0 Å². The first-order valence-corrected chi connectivity index (χ1v) is 31.7. The van der Waals surface area contributed by atoms with Crippen LogP contribution in [0.15, 0.2) is 143 Å². The van der Waals surface area contributed by atoms with Crippen molar-refractivity contribution in [1.82, 2.24) is 44.1 Å². The van der Waals surface area contributed by atoms with Crippen LogP contribution in [0, 0.1) is 0 Å². The molecule has 27 heteroatoms. The van der Waals surface area contributed by atoms with Gasteiger partial charge in [-0.2, -0.15) is 0 Å². The molecule has 24 nitrogen and oxygen atoms in total. The molecule has 6 aromatic carbocycles. The number of nitrogens with zero attached hydrogens (tertiary/aromatic N) is 10.